The number of amides is 1. The summed E-state index contributed by atoms with van der Waals surface area (Å²) in [6, 6.07) is 4.88. The molecule has 1 amide bonds. The van der Waals surface area contributed by atoms with Crippen molar-refractivity contribution in [1.29, 1.82) is 0 Å². The van der Waals surface area contributed by atoms with E-state index in [4.69, 9.17) is 23.2 Å². The third-order valence-electron chi connectivity index (χ3n) is 3.16. The van der Waals surface area contributed by atoms with Crippen molar-refractivity contribution in [3.05, 3.63) is 46.8 Å². The Morgan fingerprint density at radius 1 is 1.28 bits per heavy atom. The number of carbonyl (C=O) groups excluding carboxylic acids is 1. The minimum absolute atomic E-state index is 0.148. The summed E-state index contributed by atoms with van der Waals surface area (Å²) in [5.41, 5.74) is 1.08. The maximum Gasteiger partial charge on any atom is 0.234 e. The van der Waals surface area contributed by atoms with Gasteiger partial charge in [-0.2, -0.15) is 0 Å². The van der Waals surface area contributed by atoms with Crippen LogP contribution in [-0.4, -0.2) is 36.4 Å². The molecule has 0 atom stereocenters. The molecule has 128 valence electrons. The molecule has 0 spiro atoms. The minimum Gasteiger partial charge on any atom is -0.324 e. The van der Waals surface area contributed by atoms with Gasteiger partial charge in [0.1, 0.15) is 5.69 Å². The van der Waals surface area contributed by atoms with Crippen LogP contribution in [0.3, 0.4) is 0 Å². The number of benzene rings is 1. The van der Waals surface area contributed by atoms with E-state index < -0.39 is 0 Å². The van der Waals surface area contributed by atoms with Crippen LogP contribution in [0, 0.1) is 0 Å². The number of hydrogen-bond donors (Lipinski definition) is 1. The highest BCUT2D eigenvalue weighted by molar-refractivity contribution is 7.99. The first-order valence-electron chi connectivity index (χ1n) is 7.08. The van der Waals surface area contributed by atoms with Crippen molar-refractivity contribution in [3.63, 3.8) is 0 Å². The monoisotopic (exact) mass is 394 g/mol. The summed E-state index contributed by atoms with van der Waals surface area (Å²) in [6.07, 6.45) is 4.77. The highest BCUT2D eigenvalue weighted by Gasteiger charge is 2.14. The van der Waals surface area contributed by atoms with Crippen molar-refractivity contribution in [2.45, 2.75) is 5.16 Å². The van der Waals surface area contributed by atoms with Crippen LogP contribution in [0.25, 0.3) is 11.5 Å². The maximum atomic E-state index is 12.1. The van der Waals surface area contributed by atoms with Crippen molar-refractivity contribution in [2.75, 3.05) is 11.1 Å². The Morgan fingerprint density at radius 2 is 2.12 bits per heavy atom. The van der Waals surface area contributed by atoms with E-state index in [9.17, 15) is 4.79 Å². The number of hydrogen-bond acceptors (Lipinski definition) is 6. The van der Waals surface area contributed by atoms with E-state index in [0.717, 1.165) is 0 Å². The highest BCUT2D eigenvalue weighted by Crippen LogP contribution is 2.26. The van der Waals surface area contributed by atoms with Gasteiger partial charge in [-0.15, -0.1) is 10.2 Å². The lowest BCUT2D eigenvalue weighted by Crippen LogP contribution is -2.14. The molecule has 0 radical (unpaired) electrons. The lowest BCUT2D eigenvalue weighted by molar-refractivity contribution is -0.113. The van der Waals surface area contributed by atoms with Crippen molar-refractivity contribution in [1.82, 2.24) is 24.7 Å². The fourth-order valence-electron chi connectivity index (χ4n) is 1.99. The van der Waals surface area contributed by atoms with Crippen LogP contribution in [0.2, 0.25) is 10.0 Å². The lowest BCUT2D eigenvalue weighted by atomic mass is 10.3. The molecular weight excluding hydrogens is 383 g/mol. The number of aromatic nitrogens is 5. The summed E-state index contributed by atoms with van der Waals surface area (Å²) in [5.74, 6) is 0.502. The molecule has 2 aromatic heterocycles. The van der Waals surface area contributed by atoms with Gasteiger partial charge in [-0.25, -0.2) is 4.98 Å². The average molecular weight is 395 g/mol. The maximum absolute atomic E-state index is 12.1. The second-order valence-corrected chi connectivity index (χ2v) is 6.70. The van der Waals surface area contributed by atoms with Gasteiger partial charge in [0.15, 0.2) is 11.0 Å². The smallest absolute Gasteiger partial charge is 0.234 e. The van der Waals surface area contributed by atoms with Crippen molar-refractivity contribution >= 4 is 46.6 Å². The van der Waals surface area contributed by atoms with E-state index >= 15 is 0 Å². The van der Waals surface area contributed by atoms with Gasteiger partial charge in [-0.05, 0) is 18.2 Å². The third-order valence-corrected chi connectivity index (χ3v) is 4.75. The largest absolute Gasteiger partial charge is 0.324 e. The summed E-state index contributed by atoms with van der Waals surface area (Å²) in [5, 5.41) is 12.4. The molecule has 10 heteroatoms. The van der Waals surface area contributed by atoms with E-state index in [1.165, 1.54) is 11.8 Å². The van der Waals surface area contributed by atoms with Gasteiger partial charge >= 0.3 is 0 Å². The molecule has 3 aromatic rings. The van der Waals surface area contributed by atoms with Crippen molar-refractivity contribution in [3.8, 4) is 11.5 Å². The Labute approximate surface area is 157 Å². The first-order chi connectivity index (χ1) is 12.0. The predicted octanol–water partition coefficient (Wildman–Crippen LogP) is 3.31. The third kappa shape index (κ3) is 4.28. The zero-order valence-corrected chi connectivity index (χ0v) is 15.3. The van der Waals surface area contributed by atoms with Crippen LogP contribution >= 0.6 is 35.0 Å². The number of anilines is 1. The van der Waals surface area contributed by atoms with Gasteiger partial charge in [0.2, 0.25) is 5.91 Å². The first kappa shape index (κ1) is 17.7. The van der Waals surface area contributed by atoms with E-state index in [-0.39, 0.29) is 11.7 Å². The van der Waals surface area contributed by atoms with Gasteiger partial charge in [-0.1, -0.05) is 35.0 Å². The van der Waals surface area contributed by atoms with Crippen LogP contribution < -0.4 is 5.32 Å². The summed E-state index contributed by atoms with van der Waals surface area (Å²) >= 11 is 13.2. The zero-order chi connectivity index (χ0) is 17.8. The number of nitrogens with one attached hydrogen (secondary N) is 1. The standard InChI is InChI=1S/C15H12Cl2N6OS/c1-23-14(12-7-18-4-5-19-12)21-22-15(23)25-8-13(24)20-11-6-9(16)2-3-10(11)17/h2-7H,8H2,1H3,(H,20,24). The average Bonchev–Trinajstić information content (AvgIpc) is 2.98. The molecule has 0 bridgehead atoms. The van der Waals surface area contributed by atoms with Gasteiger partial charge in [0.25, 0.3) is 0 Å². The molecule has 0 aliphatic rings. The first-order valence-corrected chi connectivity index (χ1v) is 8.82. The van der Waals surface area contributed by atoms with Crippen LogP contribution in [0.5, 0.6) is 0 Å². The molecule has 0 aliphatic heterocycles. The SMILES string of the molecule is Cn1c(SCC(=O)Nc2cc(Cl)ccc2Cl)nnc1-c1cnccn1. The van der Waals surface area contributed by atoms with Crippen molar-refractivity contribution < 1.29 is 4.79 Å². The molecular formula is C15H12Cl2N6OS. The second-order valence-electron chi connectivity index (χ2n) is 4.92. The van der Waals surface area contributed by atoms with Crippen LogP contribution in [0.15, 0.2) is 41.9 Å². The molecule has 3 rings (SSSR count). The Bertz CT molecular complexity index is 902. The summed E-state index contributed by atoms with van der Waals surface area (Å²) in [4.78, 5) is 20.3. The molecule has 25 heavy (non-hydrogen) atoms. The number of carbonyl (C=O) groups is 1. The quantitative estimate of drug-likeness (QED) is 0.668. The molecule has 2 heterocycles. The Hall–Kier alpha value is -2.16. The second kappa shape index (κ2) is 7.81. The fraction of sp³-hybridized carbons (Fsp3) is 0.133. The topological polar surface area (TPSA) is 85.6 Å². The molecule has 0 fully saturated rings. The summed E-state index contributed by atoms with van der Waals surface area (Å²) in [7, 11) is 1.80. The Kier molecular flexibility index (Phi) is 5.52. The van der Waals surface area contributed by atoms with E-state index in [0.29, 0.717) is 32.4 Å². The van der Waals surface area contributed by atoms with E-state index in [2.05, 4.69) is 25.5 Å². The Morgan fingerprint density at radius 3 is 2.88 bits per heavy atom. The van der Waals surface area contributed by atoms with Crippen LogP contribution in [0.4, 0.5) is 5.69 Å². The van der Waals surface area contributed by atoms with Gasteiger partial charge in [0.05, 0.1) is 22.7 Å². The Balaban J connectivity index is 1.65. The van der Waals surface area contributed by atoms with E-state index in [1.54, 1.807) is 48.4 Å². The highest BCUT2D eigenvalue weighted by atomic mass is 35.5. The normalized spacial score (nSPS) is 10.7. The van der Waals surface area contributed by atoms with Gasteiger partial charge in [0, 0.05) is 24.5 Å². The number of rotatable bonds is 5. The van der Waals surface area contributed by atoms with Gasteiger partial charge in [-0.3, -0.25) is 9.78 Å². The van der Waals surface area contributed by atoms with Crippen LogP contribution in [0.1, 0.15) is 0 Å². The molecule has 0 aliphatic carbocycles. The molecule has 0 saturated carbocycles. The summed E-state index contributed by atoms with van der Waals surface area (Å²) in [6.45, 7) is 0. The van der Waals surface area contributed by atoms with E-state index in [1.807, 2.05) is 0 Å². The van der Waals surface area contributed by atoms with Gasteiger partial charge < -0.3 is 9.88 Å². The molecule has 7 nitrogen and oxygen atoms in total. The number of halogens is 2. The molecule has 1 N–H and O–H groups in total. The molecule has 0 unspecified atom stereocenters. The predicted molar refractivity (Wildman–Crippen MR) is 97.8 cm³/mol. The lowest BCUT2D eigenvalue weighted by Gasteiger charge is -2.07. The van der Waals surface area contributed by atoms with Crippen molar-refractivity contribution in [2.24, 2.45) is 7.05 Å². The number of nitrogens with zero attached hydrogens (tertiary/aromatic N) is 5. The molecule has 0 saturated heterocycles. The summed E-state index contributed by atoms with van der Waals surface area (Å²) < 4.78 is 1.76. The van der Waals surface area contributed by atoms with Crippen LogP contribution in [-0.2, 0) is 11.8 Å². The molecule has 1 aromatic carbocycles. The zero-order valence-electron chi connectivity index (χ0n) is 13.0. The number of thioether (sulfide) groups is 1. The minimum atomic E-state index is -0.224. The fourth-order valence-corrected chi connectivity index (χ4v) is 3.04.